The van der Waals surface area contributed by atoms with Crippen molar-refractivity contribution in [1.82, 2.24) is 0 Å². The van der Waals surface area contributed by atoms with Crippen molar-refractivity contribution in [1.29, 1.82) is 0 Å². The van der Waals surface area contributed by atoms with Gasteiger partial charge in [0.2, 0.25) is 0 Å². The molecule has 0 aromatic heterocycles. The molecule has 0 bridgehead atoms. The van der Waals surface area contributed by atoms with Crippen LogP contribution in [0.2, 0.25) is 0 Å². The van der Waals surface area contributed by atoms with Crippen molar-refractivity contribution in [3.63, 3.8) is 0 Å². The molecule has 4 aromatic rings. The van der Waals surface area contributed by atoms with Crippen molar-refractivity contribution in [2.24, 2.45) is 0 Å². The molecule has 9 heteroatoms. The number of para-hydroxylation sites is 3. The van der Waals surface area contributed by atoms with E-state index >= 15 is 0 Å². The van der Waals surface area contributed by atoms with Crippen LogP contribution in [0.25, 0.3) is 0 Å². The lowest BCUT2D eigenvalue weighted by Crippen LogP contribution is -2.26. The summed E-state index contributed by atoms with van der Waals surface area (Å²) in [5, 5.41) is 31.1. The Hall–Kier alpha value is -4.44. The summed E-state index contributed by atoms with van der Waals surface area (Å²) in [5.74, 6) is 3.04. The van der Waals surface area contributed by atoms with Crippen LogP contribution in [0, 0.1) is 0 Å². The van der Waals surface area contributed by atoms with Crippen molar-refractivity contribution < 1.29 is 43.7 Å². The Morgan fingerprint density at radius 1 is 0.333 bits per heavy atom. The Balaban J connectivity index is 1.31. The maximum atomic E-state index is 10.4. The smallest absolute Gasteiger partial charge is 0.126 e. The highest BCUT2D eigenvalue weighted by atomic mass is 16.5. The van der Waals surface area contributed by atoms with E-state index in [4.69, 9.17) is 28.4 Å². The lowest BCUT2D eigenvalue weighted by atomic mass is 10.3. The molecule has 0 saturated heterocycles. The van der Waals surface area contributed by atoms with Crippen LogP contribution in [0.1, 0.15) is 0 Å². The summed E-state index contributed by atoms with van der Waals surface area (Å²) >= 11 is 0. The second kappa shape index (κ2) is 16.7. The molecule has 3 N–H and O–H groups in total. The van der Waals surface area contributed by atoms with Crippen LogP contribution in [0.3, 0.4) is 0 Å². The fourth-order valence-electron chi connectivity index (χ4n) is 3.64. The Kier molecular flexibility index (Phi) is 12.2. The molecule has 3 atom stereocenters. The molecule has 0 aliphatic heterocycles. The predicted molar refractivity (Wildman–Crippen MR) is 157 cm³/mol. The molecule has 4 rings (SSSR count). The zero-order valence-corrected chi connectivity index (χ0v) is 23.2. The molecular formula is C33H36O9. The van der Waals surface area contributed by atoms with Crippen molar-refractivity contribution >= 4 is 0 Å². The minimum Gasteiger partial charge on any atom is -0.491 e. The maximum Gasteiger partial charge on any atom is 0.126 e. The van der Waals surface area contributed by atoms with E-state index in [9.17, 15) is 15.3 Å². The second-order valence-electron chi connectivity index (χ2n) is 9.41. The summed E-state index contributed by atoms with van der Waals surface area (Å²) in [6.07, 6.45) is -2.69. The highest BCUT2D eigenvalue weighted by Crippen LogP contribution is 2.28. The summed E-state index contributed by atoms with van der Waals surface area (Å²) in [5.41, 5.74) is 0. The van der Waals surface area contributed by atoms with Crippen molar-refractivity contribution in [3.05, 3.63) is 109 Å². The van der Waals surface area contributed by atoms with Crippen LogP contribution >= 0.6 is 0 Å². The van der Waals surface area contributed by atoms with Gasteiger partial charge in [-0.3, -0.25) is 0 Å². The Bertz CT molecular complexity index is 1120. The molecule has 0 fully saturated rings. The normalized spacial score (nSPS) is 12.9. The maximum absolute atomic E-state index is 10.4. The SMILES string of the molecule is OC(COc1ccccc1)COc1cc(OCC(O)COc2ccccc2)cc(OCC(O)COc2ccccc2)c1. The number of benzene rings is 4. The number of rotatable bonds is 18. The lowest BCUT2D eigenvalue weighted by molar-refractivity contribution is 0.0574. The molecule has 9 nitrogen and oxygen atoms in total. The van der Waals surface area contributed by atoms with E-state index in [1.807, 2.05) is 54.6 Å². The van der Waals surface area contributed by atoms with E-state index in [0.717, 1.165) is 0 Å². The summed E-state index contributed by atoms with van der Waals surface area (Å²) in [6.45, 7) is 0.00471. The zero-order chi connectivity index (χ0) is 29.4. The van der Waals surface area contributed by atoms with Gasteiger partial charge in [0, 0.05) is 18.2 Å². The third kappa shape index (κ3) is 11.2. The number of hydrogen-bond donors (Lipinski definition) is 3. The molecule has 3 unspecified atom stereocenters. The van der Waals surface area contributed by atoms with Crippen LogP contribution in [-0.2, 0) is 0 Å². The van der Waals surface area contributed by atoms with E-state index in [-0.39, 0.29) is 39.6 Å². The van der Waals surface area contributed by atoms with Crippen molar-refractivity contribution in [3.8, 4) is 34.5 Å². The van der Waals surface area contributed by atoms with Crippen molar-refractivity contribution in [2.75, 3.05) is 39.6 Å². The second-order valence-corrected chi connectivity index (χ2v) is 9.41. The van der Waals surface area contributed by atoms with Gasteiger partial charge in [0.05, 0.1) is 0 Å². The van der Waals surface area contributed by atoms with Gasteiger partial charge in [0.1, 0.15) is 92.5 Å². The van der Waals surface area contributed by atoms with Crippen molar-refractivity contribution in [2.45, 2.75) is 18.3 Å². The van der Waals surface area contributed by atoms with Gasteiger partial charge in [-0.15, -0.1) is 0 Å². The van der Waals surface area contributed by atoms with E-state index < -0.39 is 18.3 Å². The molecule has 0 heterocycles. The van der Waals surface area contributed by atoms with E-state index in [1.54, 1.807) is 54.6 Å². The Labute approximate surface area is 245 Å². The molecule has 4 aromatic carbocycles. The molecule has 0 amide bonds. The van der Waals surface area contributed by atoms with Gasteiger partial charge in [-0.2, -0.15) is 0 Å². The van der Waals surface area contributed by atoms with E-state index in [1.165, 1.54) is 0 Å². The van der Waals surface area contributed by atoms with Crippen LogP contribution in [0.15, 0.2) is 109 Å². The minimum absolute atomic E-state index is 0.0448. The van der Waals surface area contributed by atoms with E-state index in [2.05, 4.69) is 0 Å². The monoisotopic (exact) mass is 576 g/mol. The summed E-state index contributed by atoms with van der Waals surface area (Å²) in [4.78, 5) is 0. The van der Waals surface area contributed by atoms with Gasteiger partial charge in [-0.1, -0.05) is 54.6 Å². The van der Waals surface area contributed by atoms with E-state index in [0.29, 0.717) is 34.5 Å². The van der Waals surface area contributed by atoms with Gasteiger partial charge in [0.15, 0.2) is 0 Å². The number of ether oxygens (including phenoxy) is 6. The first kappa shape index (κ1) is 30.5. The minimum atomic E-state index is -0.895. The molecule has 0 spiro atoms. The Morgan fingerprint density at radius 2 is 0.548 bits per heavy atom. The van der Waals surface area contributed by atoms with Gasteiger partial charge >= 0.3 is 0 Å². The zero-order valence-electron chi connectivity index (χ0n) is 23.2. The van der Waals surface area contributed by atoms with Gasteiger partial charge in [-0.05, 0) is 36.4 Å². The Morgan fingerprint density at radius 3 is 0.786 bits per heavy atom. The first-order valence-corrected chi connectivity index (χ1v) is 13.6. The highest BCUT2D eigenvalue weighted by molar-refractivity contribution is 5.42. The standard InChI is InChI=1S/C33H36O9/c34-25(19-37-28-10-4-1-5-11-28)22-40-31-16-32(41-23-26(35)20-38-29-12-6-2-7-13-29)18-33(17-31)42-24-27(36)21-39-30-14-8-3-9-15-30/h1-18,25-27,34-36H,19-24H2. The third-order valence-corrected chi connectivity index (χ3v) is 5.74. The van der Waals surface area contributed by atoms with Gasteiger partial charge in [-0.25, -0.2) is 0 Å². The third-order valence-electron chi connectivity index (χ3n) is 5.74. The number of aliphatic hydroxyl groups excluding tert-OH is 3. The van der Waals surface area contributed by atoms with Crippen LogP contribution < -0.4 is 28.4 Å². The average molecular weight is 577 g/mol. The lowest BCUT2D eigenvalue weighted by Gasteiger charge is -2.18. The molecule has 42 heavy (non-hydrogen) atoms. The summed E-state index contributed by atoms with van der Waals surface area (Å²) in [7, 11) is 0. The summed E-state index contributed by atoms with van der Waals surface area (Å²) in [6, 6.07) is 32.4. The molecule has 0 aliphatic carbocycles. The largest absolute Gasteiger partial charge is 0.491 e. The van der Waals surface area contributed by atoms with Gasteiger partial charge in [0.25, 0.3) is 0 Å². The van der Waals surface area contributed by atoms with Crippen LogP contribution in [-0.4, -0.2) is 73.3 Å². The number of aliphatic hydroxyl groups is 3. The van der Waals surface area contributed by atoms with Crippen LogP contribution in [0.5, 0.6) is 34.5 Å². The fraction of sp³-hybridized carbons (Fsp3) is 0.273. The first-order chi connectivity index (χ1) is 20.5. The topological polar surface area (TPSA) is 116 Å². The fourth-order valence-corrected chi connectivity index (χ4v) is 3.64. The molecular weight excluding hydrogens is 540 g/mol. The molecule has 0 aliphatic rings. The number of hydrogen-bond acceptors (Lipinski definition) is 9. The quantitative estimate of drug-likeness (QED) is 0.161. The molecule has 222 valence electrons. The molecule has 0 radical (unpaired) electrons. The van der Waals surface area contributed by atoms with Gasteiger partial charge < -0.3 is 43.7 Å². The highest BCUT2D eigenvalue weighted by Gasteiger charge is 2.13. The predicted octanol–water partition coefficient (Wildman–Crippen LogP) is 4.14. The molecule has 0 saturated carbocycles. The first-order valence-electron chi connectivity index (χ1n) is 13.6. The van der Waals surface area contributed by atoms with Crippen LogP contribution in [0.4, 0.5) is 0 Å². The summed E-state index contributed by atoms with van der Waals surface area (Å²) < 4.78 is 34.1. The average Bonchev–Trinajstić information content (AvgIpc) is 3.04.